The Morgan fingerprint density at radius 1 is 1.17 bits per heavy atom. The number of hydrogen-bond acceptors (Lipinski definition) is 4. The number of nitrogens with one attached hydrogen (secondary N) is 1. The molecule has 1 saturated heterocycles. The molecule has 1 aliphatic carbocycles. The van der Waals surface area contributed by atoms with E-state index in [-0.39, 0.29) is 17.9 Å². The SMILES string of the molecule is CCOC1CC(N)(C(=O)N2CCN(C(=O)c3cc4ccccc4[nH]3)CC2)C1(C)C. The van der Waals surface area contributed by atoms with Crippen molar-refractivity contribution in [1.29, 1.82) is 0 Å². The van der Waals surface area contributed by atoms with Gasteiger partial charge < -0.3 is 25.3 Å². The number of carbonyl (C=O) groups is 2. The van der Waals surface area contributed by atoms with E-state index in [0.29, 0.717) is 44.9 Å². The fourth-order valence-electron chi connectivity index (χ4n) is 4.55. The lowest BCUT2D eigenvalue weighted by molar-refractivity contribution is -0.180. The van der Waals surface area contributed by atoms with Crippen LogP contribution in [0.2, 0.25) is 0 Å². The lowest BCUT2D eigenvalue weighted by Crippen LogP contribution is -2.76. The molecule has 2 unspecified atom stereocenters. The number of fused-ring (bicyclic) bond motifs is 1. The van der Waals surface area contributed by atoms with Gasteiger partial charge >= 0.3 is 0 Å². The van der Waals surface area contributed by atoms with E-state index >= 15 is 0 Å². The minimum Gasteiger partial charge on any atom is -0.378 e. The number of piperazine rings is 1. The maximum atomic E-state index is 13.2. The molecule has 3 N–H and O–H groups in total. The lowest BCUT2D eigenvalue weighted by Gasteiger charge is -2.59. The van der Waals surface area contributed by atoms with Crippen molar-refractivity contribution in [1.82, 2.24) is 14.8 Å². The van der Waals surface area contributed by atoms with Crippen molar-refractivity contribution in [3.05, 3.63) is 36.0 Å². The molecule has 29 heavy (non-hydrogen) atoms. The maximum Gasteiger partial charge on any atom is 0.270 e. The second kappa shape index (κ2) is 7.15. The van der Waals surface area contributed by atoms with Crippen LogP contribution in [0.3, 0.4) is 0 Å². The molecule has 2 aliphatic rings. The van der Waals surface area contributed by atoms with Crippen LogP contribution in [0.25, 0.3) is 10.9 Å². The van der Waals surface area contributed by atoms with Crippen LogP contribution in [-0.4, -0.2) is 71.0 Å². The summed E-state index contributed by atoms with van der Waals surface area (Å²) >= 11 is 0. The third kappa shape index (κ3) is 3.13. The Bertz CT molecular complexity index is 896. The predicted octanol–water partition coefficient (Wildman–Crippen LogP) is 1.98. The van der Waals surface area contributed by atoms with Crippen LogP contribution in [-0.2, 0) is 9.53 Å². The van der Waals surface area contributed by atoms with Gasteiger partial charge in [-0.1, -0.05) is 32.0 Å². The molecule has 2 heterocycles. The molecule has 0 spiro atoms. The number of hydrogen-bond donors (Lipinski definition) is 2. The number of para-hydroxylation sites is 1. The number of rotatable bonds is 4. The second-order valence-corrected chi connectivity index (χ2v) is 8.70. The fourth-order valence-corrected chi connectivity index (χ4v) is 4.55. The van der Waals surface area contributed by atoms with E-state index in [0.717, 1.165) is 10.9 Å². The first-order valence-corrected chi connectivity index (χ1v) is 10.3. The van der Waals surface area contributed by atoms with E-state index in [9.17, 15) is 9.59 Å². The van der Waals surface area contributed by atoms with Crippen molar-refractivity contribution >= 4 is 22.7 Å². The van der Waals surface area contributed by atoms with E-state index in [4.69, 9.17) is 10.5 Å². The van der Waals surface area contributed by atoms with Crippen molar-refractivity contribution in [2.24, 2.45) is 11.1 Å². The minimum absolute atomic E-state index is 0.00586. The average Bonchev–Trinajstić information content (AvgIpc) is 3.16. The van der Waals surface area contributed by atoms with Gasteiger partial charge in [0, 0.05) is 55.5 Å². The quantitative estimate of drug-likeness (QED) is 0.824. The highest BCUT2D eigenvalue weighted by atomic mass is 16.5. The van der Waals surface area contributed by atoms with Crippen molar-refractivity contribution < 1.29 is 14.3 Å². The summed E-state index contributed by atoms with van der Waals surface area (Å²) in [5.41, 5.74) is 6.77. The Labute approximate surface area is 171 Å². The van der Waals surface area contributed by atoms with E-state index in [2.05, 4.69) is 4.98 Å². The molecule has 0 radical (unpaired) electrons. The van der Waals surface area contributed by atoms with E-state index in [1.165, 1.54) is 0 Å². The Kier molecular flexibility index (Phi) is 4.91. The summed E-state index contributed by atoms with van der Waals surface area (Å²) < 4.78 is 5.74. The van der Waals surface area contributed by atoms with Crippen molar-refractivity contribution in [2.75, 3.05) is 32.8 Å². The van der Waals surface area contributed by atoms with Crippen LogP contribution in [0.4, 0.5) is 0 Å². The van der Waals surface area contributed by atoms with Crippen LogP contribution in [0.5, 0.6) is 0 Å². The minimum atomic E-state index is -0.907. The van der Waals surface area contributed by atoms with Gasteiger partial charge in [0.25, 0.3) is 5.91 Å². The van der Waals surface area contributed by atoms with Crippen molar-refractivity contribution in [2.45, 2.75) is 38.8 Å². The highest BCUT2D eigenvalue weighted by molar-refractivity contribution is 5.98. The molecule has 2 atom stereocenters. The van der Waals surface area contributed by atoms with Gasteiger partial charge in [-0.05, 0) is 19.1 Å². The molecule has 0 bridgehead atoms. The Morgan fingerprint density at radius 2 is 1.83 bits per heavy atom. The summed E-state index contributed by atoms with van der Waals surface area (Å²) in [6.45, 7) is 8.59. The molecule has 4 rings (SSSR count). The van der Waals surface area contributed by atoms with Gasteiger partial charge in [0.1, 0.15) is 11.2 Å². The van der Waals surface area contributed by atoms with Crippen LogP contribution >= 0.6 is 0 Å². The Balaban J connectivity index is 1.39. The average molecular weight is 399 g/mol. The molecule has 1 saturated carbocycles. The normalized spacial score (nSPS) is 26.4. The van der Waals surface area contributed by atoms with E-state index in [1.54, 1.807) is 9.80 Å². The molecular weight excluding hydrogens is 368 g/mol. The monoisotopic (exact) mass is 398 g/mol. The number of aromatic amines is 1. The molecule has 2 aromatic rings. The zero-order chi connectivity index (χ0) is 20.8. The number of nitrogens with two attached hydrogens (primary N) is 1. The van der Waals surface area contributed by atoms with Gasteiger partial charge in [-0.3, -0.25) is 9.59 Å². The first kappa shape index (κ1) is 19.9. The number of ether oxygens (including phenoxy) is 1. The number of benzene rings is 1. The van der Waals surface area contributed by atoms with Gasteiger partial charge in [-0.2, -0.15) is 0 Å². The lowest BCUT2D eigenvalue weighted by atomic mass is 9.54. The van der Waals surface area contributed by atoms with Gasteiger partial charge in [0.05, 0.1) is 6.10 Å². The summed E-state index contributed by atoms with van der Waals surface area (Å²) in [6.07, 6.45) is 0.548. The predicted molar refractivity (Wildman–Crippen MR) is 112 cm³/mol. The van der Waals surface area contributed by atoms with Crippen LogP contribution in [0.1, 0.15) is 37.7 Å². The molecule has 1 aromatic heterocycles. The molecule has 2 fully saturated rings. The maximum absolute atomic E-state index is 13.2. The fraction of sp³-hybridized carbons (Fsp3) is 0.545. The summed E-state index contributed by atoms with van der Waals surface area (Å²) in [6, 6.07) is 9.72. The van der Waals surface area contributed by atoms with Gasteiger partial charge in [-0.25, -0.2) is 0 Å². The van der Waals surface area contributed by atoms with E-state index < -0.39 is 11.0 Å². The summed E-state index contributed by atoms with van der Waals surface area (Å²) in [4.78, 5) is 32.8. The first-order chi connectivity index (χ1) is 13.8. The molecule has 7 heteroatoms. The number of nitrogens with zero attached hydrogens (tertiary/aromatic N) is 2. The zero-order valence-corrected chi connectivity index (χ0v) is 17.4. The molecule has 2 amide bonds. The zero-order valence-electron chi connectivity index (χ0n) is 17.4. The van der Waals surface area contributed by atoms with Crippen LogP contribution in [0, 0.1) is 5.41 Å². The molecule has 1 aliphatic heterocycles. The molecule has 156 valence electrons. The highest BCUT2D eigenvalue weighted by Gasteiger charge is 2.63. The molecule has 1 aromatic carbocycles. The number of aromatic nitrogens is 1. The Morgan fingerprint density at radius 3 is 2.45 bits per heavy atom. The number of amides is 2. The molecular formula is C22H30N4O3. The molecule has 7 nitrogen and oxygen atoms in total. The summed E-state index contributed by atoms with van der Waals surface area (Å²) in [5.74, 6) is -0.0627. The number of H-pyrrole nitrogens is 1. The Hall–Kier alpha value is -2.38. The highest BCUT2D eigenvalue weighted by Crippen LogP contribution is 2.50. The first-order valence-electron chi connectivity index (χ1n) is 10.3. The van der Waals surface area contributed by atoms with Crippen molar-refractivity contribution in [3.8, 4) is 0 Å². The van der Waals surface area contributed by atoms with Crippen LogP contribution in [0.15, 0.2) is 30.3 Å². The smallest absolute Gasteiger partial charge is 0.270 e. The second-order valence-electron chi connectivity index (χ2n) is 8.70. The van der Waals surface area contributed by atoms with Gasteiger partial charge in [-0.15, -0.1) is 0 Å². The summed E-state index contributed by atoms with van der Waals surface area (Å²) in [7, 11) is 0. The van der Waals surface area contributed by atoms with Gasteiger partial charge in [0.2, 0.25) is 5.91 Å². The van der Waals surface area contributed by atoms with Gasteiger partial charge in [0.15, 0.2) is 0 Å². The third-order valence-corrected chi connectivity index (χ3v) is 6.83. The topological polar surface area (TPSA) is 91.7 Å². The number of carbonyl (C=O) groups excluding carboxylic acids is 2. The van der Waals surface area contributed by atoms with Crippen molar-refractivity contribution in [3.63, 3.8) is 0 Å². The standard InChI is InChI=1S/C22H30N4O3/c1-4-29-18-14-22(23,21(18,2)3)20(28)26-11-9-25(10-12-26)19(27)17-13-15-7-5-6-8-16(15)24-17/h5-8,13,18,24H,4,9-12,14,23H2,1-3H3. The third-order valence-electron chi connectivity index (χ3n) is 6.83. The van der Waals surface area contributed by atoms with E-state index in [1.807, 2.05) is 51.1 Å². The summed E-state index contributed by atoms with van der Waals surface area (Å²) in [5, 5.41) is 1.02. The van der Waals surface area contributed by atoms with Crippen LogP contribution < -0.4 is 5.73 Å². The largest absolute Gasteiger partial charge is 0.378 e.